The van der Waals surface area contributed by atoms with Gasteiger partial charge in [0.1, 0.15) is 0 Å². The Morgan fingerprint density at radius 1 is 0.765 bits per heavy atom. The van der Waals surface area contributed by atoms with Gasteiger partial charge in [-0.2, -0.15) is 0 Å². The number of amides is 2. The number of nitrogens with zero attached hydrogens (tertiary/aromatic N) is 2. The highest BCUT2D eigenvalue weighted by Gasteiger charge is 2.22. The minimum absolute atomic E-state index is 0.00670. The molecular weight excluding hydrogens is 422 g/mol. The van der Waals surface area contributed by atoms with E-state index in [2.05, 4.69) is 34.5 Å². The van der Waals surface area contributed by atoms with E-state index in [-0.39, 0.29) is 11.8 Å². The molecular formula is C29H31N3O2. The molecule has 174 valence electrons. The zero-order valence-electron chi connectivity index (χ0n) is 19.5. The molecule has 1 N–H and O–H groups in total. The van der Waals surface area contributed by atoms with Crippen molar-refractivity contribution in [3.63, 3.8) is 0 Å². The summed E-state index contributed by atoms with van der Waals surface area (Å²) in [5.74, 6) is -0.207. The van der Waals surface area contributed by atoms with Gasteiger partial charge in [-0.15, -0.1) is 0 Å². The SMILES string of the molecule is O=C(Nc1ccccc1C(=O)N1CCCCC1)c1ccc(CN2CCCc3ccccc32)cc1. The highest BCUT2D eigenvalue weighted by molar-refractivity contribution is 6.09. The number of benzene rings is 3. The number of carbonyl (C=O) groups excluding carboxylic acids is 2. The lowest BCUT2D eigenvalue weighted by atomic mass is 10.0. The quantitative estimate of drug-likeness (QED) is 0.554. The Kier molecular flexibility index (Phi) is 6.61. The lowest BCUT2D eigenvalue weighted by molar-refractivity contribution is 0.0725. The number of hydrogen-bond acceptors (Lipinski definition) is 3. The van der Waals surface area contributed by atoms with Crippen molar-refractivity contribution >= 4 is 23.2 Å². The third-order valence-corrected chi connectivity index (χ3v) is 6.84. The van der Waals surface area contributed by atoms with Gasteiger partial charge in [-0.25, -0.2) is 0 Å². The Balaban J connectivity index is 1.26. The Bertz CT molecular complexity index is 1170. The van der Waals surface area contributed by atoms with Crippen LogP contribution in [0.1, 0.15) is 57.5 Å². The predicted octanol–water partition coefficient (Wildman–Crippen LogP) is 5.52. The van der Waals surface area contributed by atoms with Crippen molar-refractivity contribution in [2.45, 2.75) is 38.6 Å². The van der Waals surface area contributed by atoms with Gasteiger partial charge in [-0.1, -0.05) is 42.5 Å². The summed E-state index contributed by atoms with van der Waals surface area (Å²) in [7, 11) is 0. The van der Waals surface area contributed by atoms with Gasteiger partial charge >= 0.3 is 0 Å². The van der Waals surface area contributed by atoms with Gasteiger partial charge in [0.05, 0.1) is 11.3 Å². The summed E-state index contributed by atoms with van der Waals surface area (Å²) in [4.78, 5) is 30.3. The maximum atomic E-state index is 13.0. The minimum Gasteiger partial charge on any atom is -0.367 e. The second kappa shape index (κ2) is 10.1. The van der Waals surface area contributed by atoms with E-state index >= 15 is 0 Å². The van der Waals surface area contributed by atoms with Gasteiger partial charge in [0.15, 0.2) is 0 Å². The Labute approximate surface area is 201 Å². The first kappa shape index (κ1) is 22.2. The standard InChI is InChI=1S/C29H31N3O2/c33-28(30-26-12-4-3-11-25(26)29(34)31-18-6-1-7-19-31)24-16-14-22(15-17-24)21-32-20-8-10-23-9-2-5-13-27(23)32/h2-5,9,11-17H,1,6-8,10,18-21H2,(H,30,33). The average molecular weight is 454 g/mol. The molecule has 0 spiro atoms. The number of likely N-dealkylation sites (tertiary alicyclic amines) is 1. The Morgan fingerprint density at radius 2 is 1.50 bits per heavy atom. The molecule has 2 heterocycles. The molecule has 0 unspecified atom stereocenters. The van der Waals surface area contributed by atoms with E-state index in [1.165, 1.54) is 23.2 Å². The lowest BCUT2D eigenvalue weighted by Gasteiger charge is -2.31. The number of fused-ring (bicyclic) bond motifs is 1. The molecule has 0 atom stereocenters. The summed E-state index contributed by atoms with van der Waals surface area (Å²) in [6, 6.07) is 23.7. The normalized spacial score (nSPS) is 15.5. The molecule has 0 saturated carbocycles. The van der Waals surface area contributed by atoms with Crippen LogP contribution in [0.5, 0.6) is 0 Å². The summed E-state index contributed by atoms with van der Waals surface area (Å²) in [6.07, 6.45) is 5.54. The molecule has 34 heavy (non-hydrogen) atoms. The summed E-state index contributed by atoms with van der Waals surface area (Å²) in [6.45, 7) is 3.43. The van der Waals surface area contributed by atoms with Crippen LogP contribution in [-0.2, 0) is 13.0 Å². The van der Waals surface area contributed by atoms with Crippen LogP contribution in [0.3, 0.4) is 0 Å². The number of anilines is 2. The van der Waals surface area contributed by atoms with Crippen molar-refractivity contribution < 1.29 is 9.59 Å². The molecule has 0 aromatic heterocycles. The first-order chi connectivity index (χ1) is 16.7. The van der Waals surface area contributed by atoms with Gasteiger partial charge in [-0.3, -0.25) is 9.59 Å². The van der Waals surface area contributed by atoms with E-state index < -0.39 is 0 Å². The topological polar surface area (TPSA) is 52.7 Å². The summed E-state index contributed by atoms with van der Waals surface area (Å²) in [5.41, 5.74) is 5.60. The van der Waals surface area contributed by atoms with Gasteiger partial charge in [0, 0.05) is 37.4 Å². The Morgan fingerprint density at radius 3 is 2.32 bits per heavy atom. The molecule has 0 aliphatic carbocycles. The van der Waals surface area contributed by atoms with E-state index in [9.17, 15) is 9.59 Å². The molecule has 2 aliphatic rings. The fourth-order valence-corrected chi connectivity index (χ4v) is 5.00. The summed E-state index contributed by atoms with van der Waals surface area (Å²) < 4.78 is 0. The number of hydrogen-bond donors (Lipinski definition) is 1. The van der Waals surface area contributed by atoms with Crippen molar-refractivity contribution in [1.29, 1.82) is 0 Å². The van der Waals surface area contributed by atoms with Crippen molar-refractivity contribution in [1.82, 2.24) is 4.90 Å². The number of para-hydroxylation sites is 2. The van der Waals surface area contributed by atoms with Crippen molar-refractivity contribution in [2.75, 3.05) is 29.9 Å². The molecule has 0 bridgehead atoms. The van der Waals surface area contributed by atoms with Gasteiger partial charge < -0.3 is 15.1 Å². The molecule has 5 nitrogen and oxygen atoms in total. The fourth-order valence-electron chi connectivity index (χ4n) is 5.00. The van der Waals surface area contributed by atoms with Crippen LogP contribution in [0, 0.1) is 0 Å². The van der Waals surface area contributed by atoms with Crippen LogP contribution in [0.15, 0.2) is 72.8 Å². The van der Waals surface area contributed by atoms with Gasteiger partial charge in [-0.05, 0) is 73.6 Å². The first-order valence-electron chi connectivity index (χ1n) is 12.3. The maximum Gasteiger partial charge on any atom is 0.255 e. The number of aryl methyl sites for hydroxylation is 1. The second-order valence-corrected chi connectivity index (χ2v) is 9.20. The number of piperidine rings is 1. The van der Waals surface area contributed by atoms with Crippen LogP contribution < -0.4 is 10.2 Å². The molecule has 3 aromatic rings. The molecule has 1 fully saturated rings. The summed E-state index contributed by atoms with van der Waals surface area (Å²) in [5, 5.41) is 2.96. The van der Waals surface area contributed by atoms with Crippen LogP contribution in [-0.4, -0.2) is 36.3 Å². The van der Waals surface area contributed by atoms with E-state index in [0.29, 0.717) is 16.8 Å². The van der Waals surface area contributed by atoms with Crippen LogP contribution in [0.4, 0.5) is 11.4 Å². The molecule has 5 heteroatoms. The second-order valence-electron chi connectivity index (χ2n) is 9.20. The van der Waals surface area contributed by atoms with E-state index in [4.69, 9.17) is 0 Å². The zero-order chi connectivity index (χ0) is 23.3. The minimum atomic E-state index is -0.200. The maximum absolute atomic E-state index is 13.0. The van der Waals surface area contributed by atoms with Crippen molar-refractivity contribution in [2.24, 2.45) is 0 Å². The van der Waals surface area contributed by atoms with Crippen LogP contribution >= 0.6 is 0 Å². The number of carbonyl (C=O) groups is 2. The largest absolute Gasteiger partial charge is 0.367 e. The predicted molar refractivity (Wildman–Crippen MR) is 136 cm³/mol. The number of rotatable bonds is 5. The molecule has 2 aliphatic heterocycles. The fraction of sp³-hybridized carbons (Fsp3) is 0.310. The van der Waals surface area contributed by atoms with Crippen molar-refractivity contribution in [3.8, 4) is 0 Å². The smallest absolute Gasteiger partial charge is 0.255 e. The molecule has 3 aromatic carbocycles. The first-order valence-corrected chi connectivity index (χ1v) is 12.3. The van der Waals surface area contributed by atoms with Crippen LogP contribution in [0.25, 0.3) is 0 Å². The average Bonchev–Trinajstić information content (AvgIpc) is 2.90. The van der Waals surface area contributed by atoms with Crippen molar-refractivity contribution in [3.05, 3.63) is 95.1 Å². The van der Waals surface area contributed by atoms with Gasteiger partial charge in [0.2, 0.25) is 0 Å². The van der Waals surface area contributed by atoms with E-state index in [0.717, 1.165) is 51.9 Å². The molecule has 2 amide bonds. The van der Waals surface area contributed by atoms with Gasteiger partial charge in [0.25, 0.3) is 11.8 Å². The van der Waals surface area contributed by atoms with E-state index in [1.807, 2.05) is 41.3 Å². The van der Waals surface area contributed by atoms with Crippen LogP contribution in [0.2, 0.25) is 0 Å². The third kappa shape index (κ3) is 4.84. The highest BCUT2D eigenvalue weighted by atomic mass is 16.2. The van der Waals surface area contributed by atoms with E-state index in [1.54, 1.807) is 12.1 Å². The molecule has 1 saturated heterocycles. The lowest BCUT2D eigenvalue weighted by Crippen LogP contribution is -2.36. The molecule has 5 rings (SSSR count). The summed E-state index contributed by atoms with van der Waals surface area (Å²) >= 11 is 0. The zero-order valence-corrected chi connectivity index (χ0v) is 19.5. The number of nitrogens with one attached hydrogen (secondary N) is 1. The molecule has 0 radical (unpaired) electrons. The highest BCUT2D eigenvalue weighted by Crippen LogP contribution is 2.28. The Hall–Kier alpha value is -3.60. The third-order valence-electron chi connectivity index (χ3n) is 6.84. The monoisotopic (exact) mass is 453 g/mol.